The summed E-state index contributed by atoms with van der Waals surface area (Å²) in [6.07, 6.45) is 4.60. The Morgan fingerprint density at radius 3 is 2.53 bits per heavy atom. The molecule has 0 radical (unpaired) electrons. The maximum atomic E-state index is 14.2. The average molecular weight is 491 g/mol. The average Bonchev–Trinajstić information content (AvgIpc) is 3.45. The fourth-order valence-corrected chi connectivity index (χ4v) is 5.60. The monoisotopic (exact) mass is 490 g/mol. The first kappa shape index (κ1) is 24.0. The second-order valence-corrected chi connectivity index (χ2v) is 10.1. The molecule has 1 aromatic heterocycles. The number of fused-ring (bicyclic) bond motifs is 3. The molecule has 8 heteroatoms. The Bertz CT molecular complexity index is 1330. The molecule has 1 saturated carbocycles. The van der Waals surface area contributed by atoms with Gasteiger partial charge < -0.3 is 20.1 Å². The number of nitrogens with zero attached hydrogens (tertiary/aromatic N) is 2. The molecule has 3 aromatic rings. The number of nitrogens with one attached hydrogen (secondary N) is 2. The molecule has 188 valence electrons. The van der Waals surface area contributed by atoms with Crippen LogP contribution in [0.1, 0.15) is 55.6 Å². The molecule has 0 spiro atoms. The molecular formula is C28H31FN4O3. The lowest BCUT2D eigenvalue weighted by Crippen LogP contribution is -2.65. The van der Waals surface area contributed by atoms with Crippen LogP contribution in [0.15, 0.2) is 48.5 Å². The highest BCUT2D eigenvalue weighted by Crippen LogP contribution is 2.39. The molecule has 2 aromatic carbocycles. The van der Waals surface area contributed by atoms with Gasteiger partial charge in [0.25, 0.3) is 5.91 Å². The van der Waals surface area contributed by atoms with Crippen molar-refractivity contribution in [2.45, 2.75) is 64.1 Å². The standard InChI is InChI=1S/C28H31FN4O3/c1-18(34)30-24-22-16-20(29)12-13-23(22)32-17-28(2,27(36)31-21-10-6-7-11-21)33(26(35)25(24)32)15-14-19-8-4-3-5-9-19/h3-5,8-9,12-13,16,21H,6-7,10-11,14-15,17H2,1-2H3,(H,30,34)(H,31,36). The van der Waals surface area contributed by atoms with Gasteiger partial charge in [0.1, 0.15) is 17.1 Å². The van der Waals surface area contributed by atoms with Crippen LogP contribution in [0, 0.1) is 5.82 Å². The third-order valence-electron chi connectivity index (χ3n) is 7.48. The molecule has 5 rings (SSSR count). The summed E-state index contributed by atoms with van der Waals surface area (Å²) < 4.78 is 16.0. The van der Waals surface area contributed by atoms with Crippen LogP contribution in [0.25, 0.3) is 10.9 Å². The third kappa shape index (κ3) is 4.25. The second kappa shape index (κ2) is 9.41. The number of halogens is 1. The summed E-state index contributed by atoms with van der Waals surface area (Å²) in [6.45, 7) is 3.68. The minimum Gasteiger partial charge on any atom is -0.351 e. The number of rotatable bonds is 6. The van der Waals surface area contributed by atoms with Crippen LogP contribution < -0.4 is 10.6 Å². The Morgan fingerprint density at radius 1 is 1.11 bits per heavy atom. The molecule has 2 aliphatic rings. The summed E-state index contributed by atoms with van der Waals surface area (Å²) in [5.41, 5.74) is 1.05. The normalized spacial score (nSPS) is 20.0. The van der Waals surface area contributed by atoms with E-state index < -0.39 is 11.4 Å². The minimum atomic E-state index is -1.16. The van der Waals surface area contributed by atoms with Crippen molar-refractivity contribution in [1.29, 1.82) is 0 Å². The lowest BCUT2D eigenvalue weighted by Gasteiger charge is -2.44. The van der Waals surface area contributed by atoms with Crippen LogP contribution >= 0.6 is 0 Å². The maximum Gasteiger partial charge on any atom is 0.273 e. The summed E-state index contributed by atoms with van der Waals surface area (Å²) in [7, 11) is 0. The van der Waals surface area contributed by atoms with E-state index in [0.717, 1.165) is 31.2 Å². The van der Waals surface area contributed by atoms with E-state index in [0.29, 0.717) is 23.9 Å². The van der Waals surface area contributed by atoms with Crippen molar-refractivity contribution >= 4 is 34.3 Å². The van der Waals surface area contributed by atoms with Crippen molar-refractivity contribution < 1.29 is 18.8 Å². The first-order chi connectivity index (χ1) is 17.3. The quantitative estimate of drug-likeness (QED) is 0.542. The maximum absolute atomic E-state index is 14.2. The highest BCUT2D eigenvalue weighted by molar-refractivity contribution is 6.14. The van der Waals surface area contributed by atoms with Crippen LogP contribution in [0.4, 0.5) is 10.1 Å². The van der Waals surface area contributed by atoms with E-state index >= 15 is 0 Å². The summed E-state index contributed by atoms with van der Waals surface area (Å²) in [5, 5.41) is 6.38. The zero-order valence-electron chi connectivity index (χ0n) is 20.6. The van der Waals surface area contributed by atoms with Crippen LogP contribution in [-0.2, 0) is 22.6 Å². The lowest BCUT2D eigenvalue weighted by atomic mass is 9.93. The van der Waals surface area contributed by atoms with Gasteiger partial charge >= 0.3 is 0 Å². The Morgan fingerprint density at radius 2 is 1.83 bits per heavy atom. The van der Waals surface area contributed by atoms with Crippen molar-refractivity contribution in [2.75, 3.05) is 11.9 Å². The minimum absolute atomic E-state index is 0.104. The van der Waals surface area contributed by atoms with Gasteiger partial charge in [0, 0.05) is 24.9 Å². The van der Waals surface area contributed by atoms with Gasteiger partial charge in [-0.1, -0.05) is 43.2 Å². The highest BCUT2D eigenvalue weighted by atomic mass is 19.1. The van der Waals surface area contributed by atoms with Crippen LogP contribution in [0.2, 0.25) is 0 Å². The number of hydrogen-bond acceptors (Lipinski definition) is 3. The third-order valence-corrected chi connectivity index (χ3v) is 7.48. The van der Waals surface area contributed by atoms with Gasteiger partial charge in [0.05, 0.1) is 17.7 Å². The molecule has 1 aliphatic heterocycles. The molecule has 1 aliphatic carbocycles. The predicted molar refractivity (Wildman–Crippen MR) is 136 cm³/mol. The van der Waals surface area contributed by atoms with Gasteiger partial charge in [0.2, 0.25) is 11.8 Å². The van der Waals surface area contributed by atoms with E-state index in [-0.39, 0.29) is 41.7 Å². The van der Waals surface area contributed by atoms with Gasteiger partial charge in [-0.05, 0) is 49.9 Å². The van der Waals surface area contributed by atoms with Crippen molar-refractivity contribution in [3.63, 3.8) is 0 Å². The number of aromatic nitrogens is 1. The van der Waals surface area contributed by atoms with E-state index in [9.17, 15) is 18.8 Å². The fourth-order valence-electron chi connectivity index (χ4n) is 5.60. The van der Waals surface area contributed by atoms with Gasteiger partial charge in [-0.3, -0.25) is 14.4 Å². The molecular weight excluding hydrogens is 459 g/mol. The first-order valence-electron chi connectivity index (χ1n) is 12.5. The smallest absolute Gasteiger partial charge is 0.273 e. The fraction of sp³-hybridized carbons (Fsp3) is 0.393. The highest BCUT2D eigenvalue weighted by Gasteiger charge is 2.49. The number of carbonyl (C=O) groups excluding carboxylic acids is 3. The molecule has 3 amide bonds. The summed E-state index contributed by atoms with van der Waals surface area (Å²) in [4.78, 5) is 41.6. The molecule has 36 heavy (non-hydrogen) atoms. The topological polar surface area (TPSA) is 83.4 Å². The summed E-state index contributed by atoms with van der Waals surface area (Å²) in [5.74, 6) is -1.37. The SMILES string of the molecule is CC(=O)Nc1c2n(c3ccc(F)cc13)CC(C)(C(=O)NC1CCCC1)N(CCc1ccccc1)C2=O. The molecule has 0 saturated heterocycles. The second-order valence-electron chi connectivity index (χ2n) is 10.1. The number of hydrogen-bond donors (Lipinski definition) is 2. The number of anilines is 1. The Balaban J connectivity index is 1.60. The molecule has 1 unspecified atom stereocenters. The van der Waals surface area contributed by atoms with Gasteiger partial charge in [-0.25, -0.2) is 4.39 Å². The van der Waals surface area contributed by atoms with E-state index in [1.54, 1.807) is 22.5 Å². The van der Waals surface area contributed by atoms with Crippen molar-refractivity contribution in [1.82, 2.24) is 14.8 Å². The van der Waals surface area contributed by atoms with E-state index in [2.05, 4.69) is 10.6 Å². The molecule has 0 bridgehead atoms. The van der Waals surface area contributed by atoms with Crippen molar-refractivity contribution in [3.05, 3.63) is 65.6 Å². The zero-order valence-corrected chi connectivity index (χ0v) is 20.6. The van der Waals surface area contributed by atoms with E-state index in [1.165, 1.54) is 19.1 Å². The summed E-state index contributed by atoms with van der Waals surface area (Å²) in [6, 6.07) is 14.2. The zero-order chi connectivity index (χ0) is 25.4. The molecule has 1 fully saturated rings. The summed E-state index contributed by atoms with van der Waals surface area (Å²) >= 11 is 0. The Kier molecular flexibility index (Phi) is 6.28. The Hall–Kier alpha value is -3.68. The number of benzene rings is 2. The number of amides is 3. The van der Waals surface area contributed by atoms with Crippen LogP contribution in [0.3, 0.4) is 0 Å². The van der Waals surface area contributed by atoms with Crippen LogP contribution in [-0.4, -0.2) is 45.3 Å². The van der Waals surface area contributed by atoms with Crippen molar-refractivity contribution in [2.24, 2.45) is 0 Å². The lowest BCUT2D eigenvalue weighted by molar-refractivity contribution is -0.133. The van der Waals surface area contributed by atoms with Crippen molar-refractivity contribution in [3.8, 4) is 0 Å². The van der Waals surface area contributed by atoms with E-state index in [4.69, 9.17) is 0 Å². The number of carbonyl (C=O) groups is 3. The van der Waals surface area contributed by atoms with Gasteiger partial charge in [-0.15, -0.1) is 0 Å². The largest absolute Gasteiger partial charge is 0.351 e. The van der Waals surface area contributed by atoms with Gasteiger partial charge in [0.15, 0.2) is 0 Å². The molecule has 2 N–H and O–H groups in total. The molecule has 1 atom stereocenters. The Labute approximate surface area is 209 Å². The van der Waals surface area contributed by atoms with Gasteiger partial charge in [-0.2, -0.15) is 0 Å². The predicted octanol–water partition coefficient (Wildman–Crippen LogP) is 4.25. The van der Waals surface area contributed by atoms with E-state index in [1.807, 2.05) is 30.3 Å². The first-order valence-corrected chi connectivity index (χ1v) is 12.5. The van der Waals surface area contributed by atoms with Crippen LogP contribution in [0.5, 0.6) is 0 Å². The molecule has 2 heterocycles. The molecule has 7 nitrogen and oxygen atoms in total.